The molecule has 0 radical (unpaired) electrons. The number of hydrogen-bond donors (Lipinski definition) is 0. The minimum absolute atomic E-state index is 0.193. The summed E-state index contributed by atoms with van der Waals surface area (Å²) >= 11 is 0. The van der Waals surface area contributed by atoms with Gasteiger partial charge >= 0.3 is 0 Å². The average Bonchev–Trinajstić information content (AvgIpc) is 2.36. The molecule has 0 aliphatic heterocycles. The number of ketones is 1. The molecule has 0 saturated heterocycles. The van der Waals surface area contributed by atoms with Crippen molar-refractivity contribution < 1.29 is 14.6 Å². The molecule has 0 spiro atoms. The standard InChI is InChI=1S/C16H32O3/c1-6-8-9-16(19-18-7-2)15(17)12-14(5)11-10-13(3)4/h13-14,16H,6-12H2,1-5H3. The second-order valence-corrected chi connectivity index (χ2v) is 5.88. The molecular weight excluding hydrogens is 240 g/mol. The van der Waals surface area contributed by atoms with Gasteiger partial charge in [0.25, 0.3) is 0 Å². The average molecular weight is 272 g/mol. The molecule has 0 aromatic carbocycles. The summed E-state index contributed by atoms with van der Waals surface area (Å²) in [6, 6.07) is 0. The van der Waals surface area contributed by atoms with Crippen molar-refractivity contribution in [2.24, 2.45) is 11.8 Å². The molecule has 0 rings (SSSR count). The van der Waals surface area contributed by atoms with Gasteiger partial charge in [0.1, 0.15) is 0 Å². The van der Waals surface area contributed by atoms with Crippen LogP contribution in [0.15, 0.2) is 0 Å². The first-order valence-corrected chi connectivity index (χ1v) is 7.82. The van der Waals surface area contributed by atoms with Crippen LogP contribution in [-0.2, 0) is 14.6 Å². The predicted molar refractivity (Wildman–Crippen MR) is 78.9 cm³/mol. The third kappa shape index (κ3) is 10.1. The van der Waals surface area contributed by atoms with Crippen LogP contribution >= 0.6 is 0 Å². The summed E-state index contributed by atoms with van der Waals surface area (Å²) in [7, 11) is 0. The fourth-order valence-corrected chi connectivity index (χ4v) is 2.00. The van der Waals surface area contributed by atoms with Gasteiger partial charge in [-0.1, -0.05) is 53.4 Å². The van der Waals surface area contributed by atoms with Crippen LogP contribution in [-0.4, -0.2) is 18.5 Å². The summed E-state index contributed by atoms with van der Waals surface area (Å²) in [5, 5.41) is 0. The van der Waals surface area contributed by atoms with E-state index >= 15 is 0 Å². The van der Waals surface area contributed by atoms with Crippen molar-refractivity contribution in [3.05, 3.63) is 0 Å². The second-order valence-electron chi connectivity index (χ2n) is 5.88. The summed E-state index contributed by atoms with van der Waals surface area (Å²) in [5.74, 6) is 1.33. The molecule has 19 heavy (non-hydrogen) atoms. The zero-order chi connectivity index (χ0) is 14.7. The first-order valence-electron chi connectivity index (χ1n) is 7.82. The monoisotopic (exact) mass is 272 g/mol. The van der Waals surface area contributed by atoms with Crippen molar-refractivity contribution >= 4 is 5.78 Å². The summed E-state index contributed by atoms with van der Waals surface area (Å²) in [6.07, 6.45) is 5.37. The Morgan fingerprint density at radius 1 is 1.05 bits per heavy atom. The van der Waals surface area contributed by atoms with E-state index in [1.54, 1.807) is 0 Å². The first-order chi connectivity index (χ1) is 9.01. The molecule has 0 N–H and O–H groups in total. The van der Waals surface area contributed by atoms with Crippen LogP contribution in [0.4, 0.5) is 0 Å². The third-order valence-corrected chi connectivity index (χ3v) is 3.27. The van der Waals surface area contributed by atoms with Gasteiger partial charge in [0.2, 0.25) is 0 Å². The lowest BCUT2D eigenvalue weighted by Crippen LogP contribution is -2.26. The molecule has 3 heteroatoms. The second kappa shape index (κ2) is 11.4. The largest absolute Gasteiger partial charge is 0.297 e. The molecule has 0 aliphatic rings. The molecular formula is C16H32O3. The maximum absolute atomic E-state index is 12.2. The van der Waals surface area contributed by atoms with E-state index in [1.165, 1.54) is 6.42 Å². The van der Waals surface area contributed by atoms with Crippen molar-refractivity contribution in [2.75, 3.05) is 6.61 Å². The van der Waals surface area contributed by atoms with Crippen molar-refractivity contribution in [2.45, 2.75) is 79.2 Å². The third-order valence-electron chi connectivity index (χ3n) is 3.27. The van der Waals surface area contributed by atoms with Crippen molar-refractivity contribution in [1.82, 2.24) is 0 Å². The van der Waals surface area contributed by atoms with E-state index < -0.39 is 0 Å². The molecule has 0 heterocycles. The quantitative estimate of drug-likeness (QED) is 0.386. The van der Waals surface area contributed by atoms with Gasteiger partial charge in [0.05, 0.1) is 6.61 Å². The normalized spacial score (nSPS) is 14.6. The minimum Gasteiger partial charge on any atom is -0.297 e. The van der Waals surface area contributed by atoms with E-state index in [4.69, 9.17) is 9.78 Å². The van der Waals surface area contributed by atoms with E-state index in [0.717, 1.165) is 25.7 Å². The van der Waals surface area contributed by atoms with Gasteiger partial charge in [-0.3, -0.25) is 4.79 Å². The van der Waals surface area contributed by atoms with Gasteiger partial charge in [0, 0.05) is 6.42 Å². The highest BCUT2D eigenvalue weighted by Crippen LogP contribution is 2.18. The Bertz CT molecular complexity index is 218. The van der Waals surface area contributed by atoms with Crippen LogP contribution < -0.4 is 0 Å². The Balaban J connectivity index is 4.12. The van der Waals surface area contributed by atoms with Crippen LogP contribution in [0.25, 0.3) is 0 Å². The number of rotatable bonds is 12. The zero-order valence-electron chi connectivity index (χ0n) is 13.4. The lowest BCUT2D eigenvalue weighted by molar-refractivity contribution is -0.314. The predicted octanol–water partition coefficient (Wildman–Crippen LogP) is 4.54. The van der Waals surface area contributed by atoms with Gasteiger partial charge in [-0.25, -0.2) is 9.78 Å². The lowest BCUT2D eigenvalue weighted by atomic mass is 9.93. The van der Waals surface area contributed by atoms with Gasteiger partial charge in [-0.05, 0) is 25.2 Å². The molecule has 2 unspecified atom stereocenters. The molecule has 2 atom stereocenters. The number of carbonyl (C=O) groups excluding carboxylic acids is 1. The molecule has 3 nitrogen and oxygen atoms in total. The Morgan fingerprint density at radius 2 is 1.74 bits per heavy atom. The molecule has 0 saturated carbocycles. The summed E-state index contributed by atoms with van der Waals surface area (Å²) in [6.45, 7) is 11.1. The maximum Gasteiger partial charge on any atom is 0.165 e. The molecule has 0 bridgehead atoms. The Labute approximate surface area is 119 Å². The van der Waals surface area contributed by atoms with Gasteiger partial charge < -0.3 is 0 Å². The number of carbonyl (C=O) groups is 1. The smallest absolute Gasteiger partial charge is 0.165 e. The number of Topliss-reactive ketones (excluding diaryl/α,β-unsaturated/α-hetero) is 1. The highest BCUT2D eigenvalue weighted by molar-refractivity contribution is 5.83. The van der Waals surface area contributed by atoms with E-state index in [0.29, 0.717) is 24.9 Å². The van der Waals surface area contributed by atoms with Gasteiger partial charge in [0.15, 0.2) is 11.9 Å². The van der Waals surface area contributed by atoms with Crippen LogP contribution in [0.2, 0.25) is 0 Å². The molecule has 0 aromatic rings. The SMILES string of the molecule is CCCCC(OOCC)C(=O)CC(C)CCC(C)C. The summed E-state index contributed by atoms with van der Waals surface area (Å²) in [5.41, 5.74) is 0. The molecule has 0 amide bonds. The molecule has 0 aromatic heterocycles. The highest BCUT2D eigenvalue weighted by atomic mass is 17.2. The fourth-order valence-electron chi connectivity index (χ4n) is 2.00. The van der Waals surface area contributed by atoms with Crippen molar-refractivity contribution in [1.29, 1.82) is 0 Å². The minimum atomic E-state index is -0.374. The summed E-state index contributed by atoms with van der Waals surface area (Å²) in [4.78, 5) is 22.4. The zero-order valence-corrected chi connectivity index (χ0v) is 13.4. The Hall–Kier alpha value is -0.410. The Morgan fingerprint density at radius 3 is 2.26 bits per heavy atom. The lowest BCUT2D eigenvalue weighted by Gasteiger charge is -2.18. The van der Waals surface area contributed by atoms with Crippen LogP contribution in [0.3, 0.4) is 0 Å². The summed E-state index contributed by atoms with van der Waals surface area (Å²) < 4.78 is 0. The topological polar surface area (TPSA) is 35.5 Å². The van der Waals surface area contributed by atoms with E-state index in [2.05, 4.69) is 27.7 Å². The molecule has 0 fully saturated rings. The highest BCUT2D eigenvalue weighted by Gasteiger charge is 2.21. The van der Waals surface area contributed by atoms with Gasteiger partial charge in [-0.2, -0.15) is 0 Å². The van der Waals surface area contributed by atoms with E-state index in [1.807, 2.05) is 6.92 Å². The molecule has 0 aliphatic carbocycles. The Kier molecular flexibility index (Phi) is 11.2. The van der Waals surface area contributed by atoms with Crippen LogP contribution in [0.1, 0.15) is 73.1 Å². The number of unbranched alkanes of at least 4 members (excludes halogenated alkanes) is 1. The van der Waals surface area contributed by atoms with Crippen molar-refractivity contribution in [3.63, 3.8) is 0 Å². The van der Waals surface area contributed by atoms with Crippen LogP contribution in [0, 0.1) is 11.8 Å². The van der Waals surface area contributed by atoms with Gasteiger partial charge in [-0.15, -0.1) is 0 Å². The van der Waals surface area contributed by atoms with E-state index in [-0.39, 0.29) is 11.9 Å². The maximum atomic E-state index is 12.2. The first kappa shape index (κ1) is 18.6. The van der Waals surface area contributed by atoms with E-state index in [9.17, 15) is 4.79 Å². The van der Waals surface area contributed by atoms with Crippen LogP contribution in [0.5, 0.6) is 0 Å². The molecule has 114 valence electrons. The van der Waals surface area contributed by atoms with Crippen molar-refractivity contribution in [3.8, 4) is 0 Å². The fraction of sp³-hybridized carbons (Fsp3) is 0.938. The number of hydrogen-bond acceptors (Lipinski definition) is 3.